The molecule has 0 aliphatic carbocycles. The number of likely N-dealkylation sites (N-methyl/N-ethyl adjacent to an activating group) is 1. The first-order chi connectivity index (χ1) is 9.45. The Morgan fingerprint density at radius 2 is 2.05 bits per heavy atom. The minimum absolute atomic E-state index is 0.0213. The van der Waals surface area contributed by atoms with Crippen LogP contribution in [0.3, 0.4) is 0 Å². The summed E-state index contributed by atoms with van der Waals surface area (Å²) in [5.41, 5.74) is 0. The normalized spacial score (nSPS) is 16.8. The van der Waals surface area contributed by atoms with Gasteiger partial charge < -0.3 is 14.2 Å². The quantitative estimate of drug-likeness (QED) is 0.819. The maximum Gasteiger partial charge on any atom is 0.246 e. The molecule has 1 fully saturated rings. The molecule has 1 aromatic rings. The van der Waals surface area contributed by atoms with Gasteiger partial charge in [0.1, 0.15) is 10.6 Å². The van der Waals surface area contributed by atoms with Gasteiger partial charge in [-0.3, -0.25) is 0 Å². The van der Waals surface area contributed by atoms with Gasteiger partial charge in [-0.05, 0) is 18.2 Å². The molecule has 0 radical (unpaired) electrons. The van der Waals surface area contributed by atoms with Gasteiger partial charge in [0, 0.05) is 12.1 Å². The molecule has 1 heterocycles. The summed E-state index contributed by atoms with van der Waals surface area (Å²) in [4.78, 5) is 0.0213. The van der Waals surface area contributed by atoms with Gasteiger partial charge >= 0.3 is 0 Å². The fraction of sp³-hybridized carbons (Fsp3) is 0.500. The smallest absolute Gasteiger partial charge is 0.246 e. The SMILES string of the molecule is COc1ccc(Cl)cc1S(=O)(=O)N(C)CC1OCCO1. The minimum Gasteiger partial charge on any atom is -0.495 e. The highest BCUT2D eigenvalue weighted by molar-refractivity contribution is 7.89. The number of benzene rings is 1. The highest BCUT2D eigenvalue weighted by atomic mass is 35.5. The summed E-state index contributed by atoms with van der Waals surface area (Å²) in [6.45, 7) is 1.05. The van der Waals surface area contributed by atoms with Crippen LogP contribution in [0.15, 0.2) is 23.1 Å². The molecule has 1 aliphatic heterocycles. The lowest BCUT2D eigenvalue weighted by molar-refractivity contribution is -0.0482. The van der Waals surface area contributed by atoms with Crippen molar-refractivity contribution >= 4 is 21.6 Å². The van der Waals surface area contributed by atoms with Crippen LogP contribution in [0.4, 0.5) is 0 Å². The monoisotopic (exact) mass is 321 g/mol. The average Bonchev–Trinajstić information content (AvgIpc) is 2.91. The van der Waals surface area contributed by atoms with Gasteiger partial charge in [-0.2, -0.15) is 4.31 Å². The molecule has 8 heteroatoms. The number of methoxy groups -OCH3 is 1. The molecule has 0 aromatic heterocycles. The third kappa shape index (κ3) is 3.24. The zero-order valence-corrected chi connectivity index (χ0v) is 12.8. The number of rotatable bonds is 5. The van der Waals surface area contributed by atoms with Crippen LogP contribution < -0.4 is 4.74 Å². The maximum absolute atomic E-state index is 12.5. The lowest BCUT2D eigenvalue weighted by Gasteiger charge is -2.21. The summed E-state index contributed by atoms with van der Waals surface area (Å²) in [5, 5.41) is 0.325. The van der Waals surface area contributed by atoms with Crippen molar-refractivity contribution in [3.8, 4) is 5.75 Å². The second-order valence-corrected chi connectivity index (χ2v) is 6.70. The Hall–Kier alpha value is -0.860. The summed E-state index contributed by atoms with van der Waals surface area (Å²) < 4.78 is 41.8. The van der Waals surface area contributed by atoms with Gasteiger partial charge in [0.2, 0.25) is 10.0 Å². The fourth-order valence-electron chi connectivity index (χ4n) is 1.84. The Morgan fingerprint density at radius 3 is 2.65 bits per heavy atom. The Morgan fingerprint density at radius 1 is 1.40 bits per heavy atom. The highest BCUT2D eigenvalue weighted by Crippen LogP contribution is 2.29. The van der Waals surface area contributed by atoms with Crippen molar-refractivity contribution in [2.45, 2.75) is 11.2 Å². The molecule has 1 aliphatic rings. The molecule has 6 nitrogen and oxygen atoms in total. The van der Waals surface area contributed by atoms with Crippen molar-refractivity contribution in [2.24, 2.45) is 0 Å². The molecule has 0 N–H and O–H groups in total. The first kappa shape index (κ1) is 15.5. The van der Waals surface area contributed by atoms with E-state index < -0.39 is 16.3 Å². The van der Waals surface area contributed by atoms with Crippen molar-refractivity contribution in [3.63, 3.8) is 0 Å². The second kappa shape index (κ2) is 6.28. The number of hydrogen-bond donors (Lipinski definition) is 0. The topological polar surface area (TPSA) is 65.1 Å². The van der Waals surface area contributed by atoms with Gasteiger partial charge in [-0.1, -0.05) is 11.6 Å². The summed E-state index contributed by atoms with van der Waals surface area (Å²) in [6.07, 6.45) is -0.542. The number of nitrogens with zero attached hydrogens (tertiary/aromatic N) is 1. The number of hydrogen-bond acceptors (Lipinski definition) is 5. The molecule has 0 amide bonds. The van der Waals surface area contributed by atoms with Crippen molar-refractivity contribution in [3.05, 3.63) is 23.2 Å². The number of ether oxygens (including phenoxy) is 3. The van der Waals surface area contributed by atoms with Crippen LogP contribution in [0.1, 0.15) is 0 Å². The second-order valence-electron chi connectivity index (χ2n) is 4.25. The predicted molar refractivity (Wildman–Crippen MR) is 73.5 cm³/mol. The largest absolute Gasteiger partial charge is 0.495 e. The third-order valence-electron chi connectivity index (χ3n) is 2.91. The van der Waals surface area contributed by atoms with E-state index in [4.69, 9.17) is 25.8 Å². The first-order valence-electron chi connectivity index (χ1n) is 5.98. The molecular weight excluding hydrogens is 306 g/mol. The molecule has 0 spiro atoms. The lowest BCUT2D eigenvalue weighted by Crippen LogP contribution is -2.35. The zero-order chi connectivity index (χ0) is 14.8. The van der Waals surface area contributed by atoms with Gasteiger partial charge in [0.25, 0.3) is 0 Å². The van der Waals surface area contributed by atoms with Crippen LogP contribution >= 0.6 is 11.6 Å². The van der Waals surface area contributed by atoms with Crippen LogP contribution in [-0.2, 0) is 19.5 Å². The van der Waals surface area contributed by atoms with E-state index in [1.807, 2.05) is 0 Å². The summed E-state index contributed by atoms with van der Waals surface area (Å²) in [5.74, 6) is 0.245. The van der Waals surface area contributed by atoms with E-state index in [9.17, 15) is 8.42 Å². The summed E-state index contributed by atoms with van der Waals surface area (Å²) in [7, 11) is -0.861. The molecule has 0 saturated carbocycles. The van der Waals surface area contributed by atoms with Crippen LogP contribution in [-0.4, -0.2) is 52.9 Å². The summed E-state index contributed by atoms with van der Waals surface area (Å²) >= 11 is 5.87. The van der Waals surface area contributed by atoms with Gasteiger partial charge in [0.05, 0.1) is 26.9 Å². The molecule has 0 atom stereocenters. The molecule has 0 bridgehead atoms. The predicted octanol–water partition coefficient (Wildman–Crippen LogP) is 1.34. The Balaban J connectivity index is 2.26. The lowest BCUT2D eigenvalue weighted by atomic mass is 10.3. The van der Waals surface area contributed by atoms with Crippen LogP contribution in [0.25, 0.3) is 0 Å². The molecule has 1 aromatic carbocycles. The first-order valence-corrected chi connectivity index (χ1v) is 7.80. The van der Waals surface area contributed by atoms with E-state index in [2.05, 4.69) is 0 Å². The standard InChI is InChI=1S/C12H16ClNO5S/c1-14(8-12-18-5-6-19-12)20(15,16)11-7-9(13)3-4-10(11)17-2/h3-4,7,12H,5-6,8H2,1-2H3. The van der Waals surface area contributed by atoms with Crippen LogP contribution in [0.2, 0.25) is 5.02 Å². The van der Waals surface area contributed by atoms with Gasteiger partial charge in [-0.15, -0.1) is 0 Å². The van der Waals surface area contributed by atoms with Crippen LogP contribution in [0.5, 0.6) is 5.75 Å². The Kier molecular flexibility index (Phi) is 4.87. The van der Waals surface area contributed by atoms with Crippen LogP contribution in [0, 0.1) is 0 Å². The van der Waals surface area contributed by atoms with Crippen molar-refractivity contribution < 1.29 is 22.6 Å². The van der Waals surface area contributed by atoms with E-state index in [1.165, 1.54) is 26.3 Å². The third-order valence-corrected chi connectivity index (χ3v) is 4.99. The van der Waals surface area contributed by atoms with Crippen molar-refractivity contribution in [2.75, 3.05) is 33.9 Å². The Labute approximate surface area is 123 Å². The number of halogens is 1. The molecule has 20 heavy (non-hydrogen) atoms. The van der Waals surface area contributed by atoms with E-state index in [0.29, 0.717) is 18.2 Å². The molecule has 0 unspecified atom stereocenters. The average molecular weight is 322 g/mol. The molecule has 2 rings (SSSR count). The molecule has 1 saturated heterocycles. The van der Waals surface area contributed by atoms with Gasteiger partial charge in [0.15, 0.2) is 6.29 Å². The van der Waals surface area contributed by atoms with Crippen molar-refractivity contribution in [1.82, 2.24) is 4.31 Å². The highest BCUT2D eigenvalue weighted by Gasteiger charge is 2.29. The van der Waals surface area contributed by atoms with E-state index in [-0.39, 0.29) is 17.2 Å². The maximum atomic E-state index is 12.5. The van der Waals surface area contributed by atoms with E-state index >= 15 is 0 Å². The van der Waals surface area contributed by atoms with Gasteiger partial charge in [-0.25, -0.2) is 8.42 Å². The molecule has 112 valence electrons. The zero-order valence-electron chi connectivity index (χ0n) is 11.2. The van der Waals surface area contributed by atoms with E-state index in [1.54, 1.807) is 6.07 Å². The Bertz CT molecular complexity index is 571. The fourth-order valence-corrected chi connectivity index (χ4v) is 3.41. The van der Waals surface area contributed by atoms with Crippen molar-refractivity contribution in [1.29, 1.82) is 0 Å². The summed E-state index contributed by atoms with van der Waals surface area (Å²) in [6, 6.07) is 4.46. The molecular formula is C12H16ClNO5S. The number of sulfonamides is 1. The van der Waals surface area contributed by atoms with E-state index in [0.717, 1.165) is 4.31 Å². The minimum atomic E-state index is -3.73.